The standard InChI is InChI=1S/C11H12N4O2S/c1-8-4-5-9(7-10(8)12)18(16,17)15-11-3-2-6-13-14-11/h2-7H,12H2,1H3,(H,14,15). The molecule has 2 rings (SSSR count). The van der Waals surface area contributed by atoms with Crippen LogP contribution in [0.1, 0.15) is 5.56 Å². The van der Waals surface area contributed by atoms with Gasteiger partial charge in [-0.15, -0.1) is 5.10 Å². The highest BCUT2D eigenvalue weighted by Crippen LogP contribution is 2.19. The Morgan fingerprint density at radius 1 is 1.28 bits per heavy atom. The monoisotopic (exact) mass is 264 g/mol. The fraction of sp³-hybridized carbons (Fsp3) is 0.0909. The molecule has 7 heteroatoms. The predicted octanol–water partition coefficient (Wildman–Crippen LogP) is 1.17. The third-order valence-corrected chi connectivity index (χ3v) is 3.72. The van der Waals surface area contributed by atoms with Crippen LogP contribution in [-0.4, -0.2) is 18.6 Å². The third kappa shape index (κ3) is 2.57. The molecular weight excluding hydrogens is 252 g/mol. The Morgan fingerprint density at radius 3 is 2.67 bits per heavy atom. The Balaban J connectivity index is 2.34. The highest BCUT2D eigenvalue weighted by Gasteiger charge is 2.15. The van der Waals surface area contributed by atoms with Gasteiger partial charge >= 0.3 is 0 Å². The van der Waals surface area contributed by atoms with Gasteiger partial charge in [-0.2, -0.15) is 5.10 Å². The topological polar surface area (TPSA) is 98.0 Å². The van der Waals surface area contributed by atoms with E-state index in [4.69, 9.17) is 5.73 Å². The second-order valence-electron chi connectivity index (χ2n) is 3.73. The lowest BCUT2D eigenvalue weighted by molar-refractivity contribution is 0.601. The molecule has 1 aromatic heterocycles. The van der Waals surface area contributed by atoms with Gasteiger partial charge in [-0.3, -0.25) is 4.72 Å². The minimum Gasteiger partial charge on any atom is -0.398 e. The molecule has 1 heterocycles. The molecule has 3 N–H and O–H groups in total. The van der Waals surface area contributed by atoms with Gasteiger partial charge in [0.2, 0.25) is 0 Å². The number of hydrogen-bond acceptors (Lipinski definition) is 5. The second kappa shape index (κ2) is 4.61. The number of anilines is 2. The van der Waals surface area contributed by atoms with Crippen LogP contribution in [0.25, 0.3) is 0 Å². The Kier molecular flexibility index (Phi) is 3.15. The fourth-order valence-electron chi connectivity index (χ4n) is 1.34. The first-order valence-electron chi connectivity index (χ1n) is 5.16. The van der Waals surface area contributed by atoms with Crippen molar-refractivity contribution < 1.29 is 8.42 Å². The normalized spacial score (nSPS) is 11.2. The van der Waals surface area contributed by atoms with E-state index in [2.05, 4.69) is 14.9 Å². The van der Waals surface area contributed by atoms with Crippen molar-refractivity contribution >= 4 is 21.5 Å². The van der Waals surface area contributed by atoms with Crippen molar-refractivity contribution in [2.24, 2.45) is 0 Å². The number of nitrogens with one attached hydrogen (secondary N) is 1. The zero-order valence-corrected chi connectivity index (χ0v) is 10.5. The van der Waals surface area contributed by atoms with Crippen LogP contribution in [0, 0.1) is 6.92 Å². The summed E-state index contributed by atoms with van der Waals surface area (Å²) >= 11 is 0. The fourth-order valence-corrected chi connectivity index (χ4v) is 2.37. The molecule has 6 nitrogen and oxygen atoms in total. The Morgan fingerprint density at radius 2 is 2.06 bits per heavy atom. The van der Waals surface area contributed by atoms with E-state index in [1.807, 2.05) is 6.92 Å². The number of sulfonamides is 1. The number of nitrogens with two attached hydrogens (primary N) is 1. The lowest BCUT2D eigenvalue weighted by Gasteiger charge is -2.08. The van der Waals surface area contributed by atoms with Crippen LogP contribution in [0.2, 0.25) is 0 Å². The molecule has 0 aliphatic rings. The molecule has 0 amide bonds. The third-order valence-electron chi connectivity index (χ3n) is 2.37. The van der Waals surface area contributed by atoms with Gasteiger partial charge in [-0.1, -0.05) is 6.07 Å². The molecule has 94 valence electrons. The SMILES string of the molecule is Cc1ccc(S(=O)(=O)Nc2cccnn2)cc1N. The Labute approximate surface area is 105 Å². The van der Waals surface area contributed by atoms with Crippen molar-refractivity contribution in [3.63, 3.8) is 0 Å². The summed E-state index contributed by atoms with van der Waals surface area (Å²) in [5.41, 5.74) is 6.95. The second-order valence-corrected chi connectivity index (χ2v) is 5.42. The highest BCUT2D eigenvalue weighted by atomic mass is 32.2. The number of benzene rings is 1. The summed E-state index contributed by atoms with van der Waals surface area (Å²) in [6.45, 7) is 1.81. The number of nitrogens with zero attached hydrogens (tertiary/aromatic N) is 2. The minimum atomic E-state index is -3.69. The van der Waals surface area contributed by atoms with Gasteiger partial charge in [-0.25, -0.2) is 8.42 Å². The maximum absolute atomic E-state index is 12.0. The van der Waals surface area contributed by atoms with Gasteiger partial charge in [0.15, 0.2) is 5.82 Å². The molecule has 1 aromatic carbocycles. The first-order chi connectivity index (χ1) is 8.49. The van der Waals surface area contributed by atoms with E-state index in [0.29, 0.717) is 5.69 Å². The number of aromatic nitrogens is 2. The van der Waals surface area contributed by atoms with Gasteiger partial charge in [0, 0.05) is 11.9 Å². The lowest BCUT2D eigenvalue weighted by atomic mass is 10.2. The van der Waals surface area contributed by atoms with E-state index in [1.165, 1.54) is 24.4 Å². The van der Waals surface area contributed by atoms with Crippen molar-refractivity contribution in [1.29, 1.82) is 0 Å². The molecule has 0 fully saturated rings. The van der Waals surface area contributed by atoms with E-state index in [9.17, 15) is 8.42 Å². The number of hydrogen-bond donors (Lipinski definition) is 2. The van der Waals surface area contributed by atoms with Gasteiger partial charge in [-0.05, 0) is 36.8 Å². The zero-order valence-electron chi connectivity index (χ0n) is 9.66. The van der Waals surface area contributed by atoms with Crippen LogP contribution in [0.5, 0.6) is 0 Å². The van der Waals surface area contributed by atoms with E-state index in [0.717, 1.165) is 5.56 Å². The van der Waals surface area contributed by atoms with Crippen LogP contribution in [0.3, 0.4) is 0 Å². The van der Waals surface area contributed by atoms with Crippen molar-refractivity contribution in [2.45, 2.75) is 11.8 Å². The van der Waals surface area contributed by atoms with E-state index in [1.54, 1.807) is 12.1 Å². The van der Waals surface area contributed by atoms with E-state index in [-0.39, 0.29) is 10.7 Å². The summed E-state index contributed by atoms with van der Waals surface area (Å²) in [7, 11) is -3.69. The predicted molar refractivity (Wildman–Crippen MR) is 68.4 cm³/mol. The van der Waals surface area contributed by atoms with Crippen LogP contribution in [-0.2, 0) is 10.0 Å². The molecule has 0 bridgehead atoms. The quantitative estimate of drug-likeness (QED) is 0.811. The highest BCUT2D eigenvalue weighted by molar-refractivity contribution is 7.92. The number of aryl methyl sites for hydroxylation is 1. The first-order valence-corrected chi connectivity index (χ1v) is 6.64. The zero-order chi connectivity index (χ0) is 13.2. The molecule has 0 saturated carbocycles. The molecule has 0 spiro atoms. The Bertz CT molecular complexity index is 656. The summed E-state index contributed by atoms with van der Waals surface area (Å²) in [4.78, 5) is 0.0938. The van der Waals surface area contributed by atoms with Crippen molar-refractivity contribution in [1.82, 2.24) is 10.2 Å². The molecule has 0 saturated heterocycles. The molecule has 18 heavy (non-hydrogen) atoms. The molecule has 0 radical (unpaired) electrons. The summed E-state index contributed by atoms with van der Waals surface area (Å²) in [6.07, 6.45) is 1.46. The number of rotatable bonds is 3. The molecule has 0 aliphatic carbocycles. The van der Waals surface area contributed by atoms with Crippen molar-refractivity contribution in [2.75, 3.05) is 10.5 Å². The maximum Gasteiger partial charge on any atom is 0.263 e. The van der Waals surface area contributed by atoms with Crippen LogP contribution >= 0.6 is 0 Å². The molecule has 0 atom stereocenters. The van der Waals surface area contributed by atoms with Gasteiger partial charge in [0.25, 0.3) is 10.0 Å². The number of nitrogen functional groups attached to an aromatic ring is 1. The summed E-state index contributed by atoms with van der Waals surface area (Å²) in [6, 6.07) is 7.66. The smallest absolute Gasteiger partial charge is 0.263 e. The van der Waals surface area contributed by atoms with Gasteiger partial charge in [0.05, 0.1) is 4.90 Å². The summed E-state index contributed by atoms with van der Waals surface area (Å²) in [5, 5.41) is 7.25. The average Bonchev–Trinajstić information content (AvgIpc) is 2.33. The first kappa shape index (κ1) is 12.3. The van der Waals surface area contributed by atoms with Crippen molar-refractivity contribution in [3.8, 4) is 0 Å². The van der Waals surface area contributed by atoms with E-state index >= 15 is 0 Å². The molecule has 0 aliphatic heterocycles. The largest absolute Gasteiger partial charge is 0.398 e. The Hall–Kier alpha value is -2.15. The molecule has 0 unspecified atom stereocenters. The van der Waals surface area contributed by atoms with Crippen molar-refractivity contribution in [3.05, 3.63) is 42.1 Å². The van der Waals surface area contributed by atoms with Gasteiger partial charge in [0.1, 0.15) is 0 Å². The van der Waals surface area contributed by atoms with Crippen LogP contribution in [0.4, 0.5) is 11.5 Å². The summed E-state index contributed by atoms with van der Waals surface area (Å²) < 4.78 is 26.4. The summed E-state index contributed by atoms with van der Waals surface area (Å²) in [5.74, 6) is 0.164. The lowest BCUT2D eigenvalue weighted by Crippen LogP contribution is -2.14. The molecule has 2 aromatic rings. The van der Waals surface area contributed by atoms with Crippen LogP contribution < -0.4 is 10.5 Å². The minimum absolute atomic E-state index is 0.0938. The van der Waals surface area contributed by atoms with Gasteiger partial charge < -0.3 is 5.73 Å². The molecular formula is C11H12N4O2S. The van der Waals surface area contributed by atoms with Crippen LogP contribution in [0.15, 0.2) is 41.4 Å². The maximum atomic E-state index is 12.0. The van der Waals surface area contributed by atoms with E-state index < -0.39 is 10.0 Å². The average molecular weight is 264 g/mol.